The number of rotatable bonds is 4. The van der Waals surface area contributed by atoms with Gasteiger partial charge in [0.1, 0.15) is 0 Å². The maximum Gasteiger partial charge on any atom is 0.228 e. The fourth-order valence-corrected chi connectivity index (χ4v) is 1.36. The number of aromatic amines is 1. The molecule has 0 radical (unpaired) electrons. The van der Waals surface area contributed by atoms with Gasteiger partial charge in [-0.15, -0.1) is 0 Å². The summed E-state index contributed by atoms with van der Waals surface area (Å²) in [4.78, 5) is 8.16. The van der Waals surface area contributed by atoms with Crippen LogP contribution in [0.4, 0.5) is 11.8 Å². The van der Waals surface area contributed by atoms with Crippen LogP contribution < -0.4 is 5.32 Å². The quantitative estimate of drug-likeness (QED) is 0.746. The Morgan fingerprint density at radius 2 is 2.29 bits per heavy atom. The van der Waals surface area contributed by atoms with E-state index in [4.69, 9.17) is 5.11 Å². The molecule has 0 aliphatic carbocycles. The maximum atomic E-state index is 8.97. The zero-order valence-corrected chi connectivity index (χ0v) is 9.81. The van der Waals surface area contributed by atoms with E-state index in [1.165, 1.54) is 0 Å². The summed E-state index contributed by atoms with van der Waals surface area (Å²) in [7, 11) is 0. The van der Waals surface area contributed by atoms with E-state index in [1.54, 1.807) is 12.3 Å². The molecule has 2 aromatic heterocycles. The highest BCUT2D eigenvalue weighted by Gasteiger charge is 2.06. The van der Waals surface area contributed by atoms with Crippen LogP contribution in [0.25, 0.3) is 0 Å². The van der Waals surface area contributed by atoms with E-state index in [0.29, 0.717) is 23.4 Å². The van der Waals surface area contributed by atoms with Gasteiger partial charge < -0.3 is 10.4 Å². The smallest absolute Gasteiger partial charge is 0.228 e. The molecule has 0 unspecified atom stereocenters. The molecule has 0 atom stereocenters. The van der Waals surface area contributed by atoms with Gasteiger partial charge in [0, 0.05) is 18.0 Å². The van der Waals surface area contributed by atoms with Crippen LogP contribution in [0.5, 0.6) is 0 Å². The first-order chi connectivity index (χ1) is 8.19. The highest BCUT2D eigenvalue weighted by molar-refractivity contribution is 5.48. The molecule has 2 aromatic rings. The van der Waals surface area contributed by atoms with Gasteiger partial charge in [-0.2, -0.15) is 5.10 Å². The third-order valence-corrected chi connectivity index (χ3v) is 2.33. The summed E-state index contributed by atoms with van der Waals surface area (Å²) in [5, 5.41) is 19.0. The van der Waals surface area contributed by atoms with Crippen LogP contribution in [-0.2, 0) is 6.61 Å². The summed E-state index contributed by atoms with van der Waals surface area (Å²) in [5.74, 6) is 1.49. The van der Waals surface area contributed by atoms with Crippen molar-refractivity contribution >= 4 is 11.8 Å². The number of H-pyrrole nitrogens is 1. The Balaban J connectivity index is 2.13. The number of hydrogen-bond donors (Lipinski definition) is 3. The lowest BCUT2D eigenvalue weighted by Gasteiger charge is -2.01. The highest BCUT2D eigenvalue weighted by atomic mass is 16.3. The fourth-order valence-electron chi connectivity index (χ4n) is 1.36. The first-order valence-electron chi connectivity index (χ1n) is 5.44. The van der Waals surface area contributed by atoms with Gasteiger partial charge in [-0.05, 0) is 12.0 Å². The Hall–Kier alpha value is -1.95. The van der Waals surface area contributed by atoms with Gasteiger partial charge in [-0.25, -0.2) is 9.97 Å². The zero-order chi connectivity index (χ0) is 12.3. The zero-order valence-electron chi connectivity index (χ0n) is 9.81. The first kappa shape index (κ1) is 11.5. The number of aliphatic hydroxyl groups is 1. The van der Waals surface area contributed by atoms with E-state index in [2.05, 4.69) is 39.3 Å². The summed E-state index contributed by atoms with van der Waals surface area (Å²) in [6, 6.07) is 3.58. The molecule has 17 heavy (non-hydrogen) atoms. The lowest BCUT2D eigenvalue weighted by molar-refractivity contribution is 0.277. The second-order valence-corrected chi connectivity index (χ2v) is 4.02. The Morgan fingerprint density at radius 1 is 1.47 bits per heavy atom. The molecule has 2 heterocycles. The van der Waals surface area contributed by atoms with Crippen molar-refractivity contribution < 1.29 is 5.11 Å². The second-order valence-electron chi connectivity index (χ2n) is 4.02. The molecule has 0 aliphatic rings. The number of anilines is 2. The van der Waals surface area contributed by atoms with E-state index in [1.807, 2.05) is 6.07 Å². The number of aromatic nitrogens is 4. The predicted octanol–water partition coefficient (Wildman–Crippen LogP) is 1.56. The third kappa shape index (κ3) is 2.79. The molecule has 0 saturated carbocycles. The van der Waals surface area contributed by atoms with Crippen molar-refractivity contribution in [2.45, 2.75) is 26.4 Å². The molecule has 0 aliphatic heterocycles. The Kier molecular flexibility index (Phi) is 3.34. The molecule has 3 N–H and O–H groups in total. The van der Waals surface area contributed by atoms with Crippen LogP contribution in [-0.4, -0.2) is 25.3 Å². The Morgan fingerprint density at radius 3 is 2.94 bits per heavy atom. The van der Waals surface area contributed by atoms with E-state index in [0.717, 1.165) is 5.69 Å². The summed E-state index contributed by atoms with van der Waals surface area (Å²) in [6.07, 6.45) is 1.59. The van der Waals surface area contributed by atoms with Crippen molar-refractivity contribution in [3.8, 4) is 0 Å². The molecule has 0 bridgehead atoms. The van der Waals surface area contributed by atoms with Gasteiger partial charge >= 0.3 is 0 Å². The fraction of sp³-hybridized carbons (Fsp3) is 0.364. The molecule has 0 fully saturated rings. The van der Waals surface area contributed by atoms with Crippen LogP contribution in [0.1, 0.15) is 31.2 Å². The number of nitrogens with one attached hydrogen (secondary N) is 2. The predicted molar refractivity (Wildman–Crippen MR) is 63.9 cm³/mol. The SMILES string of the molecule is CC(C)c1cc(Nc2nccc(CO)n2)n[nH]1. The molecule has 2 rings (SSSR count). The molecule has 0 spiro atoms. The van der Waals surface area contributed by atoms with Crippen LogP contribution in [0.15, 0.2) is 18.3 Å². The van der Waals surface area contributed by atoms with Gasteiger partial charge in [-0.3, -0.25) is 5.10 Å². The van der Waals surface area contributed by atoms with Crippen molar-refractivity contribution in [2.24, 2.45) is 0 Å². The summed E-state index contributed by atoms with van der Waals surface area (Å²) in [6.45, 7) is 4.06. The second kappa shape index (κ2) is 4.92. The Labute approximate surface area is 99.1 Å². The number of nitrogens with zero attached hydrogens (tertiary/aromatic N) is 3. The summed E-state index contributed by atoms with van der Waals surface area (Å²) >= 11 is 0. The minimum absolute atomic E-state index is 0.102. The molecule has 90 valence electrons. The molecular formula is C11H15N5O. The normalized spacial score (nSPS) is 10.8. The van der Waals surface area contributed by atoms with Crippen molar-refractivity contribution in [2.75, 3.05) is 5.32 Å². The summed E-state index contributed by atoms with van der Waals surface area (Å²) < 4.78 is 0. The lowest BCUT2D eigenvalue weighted by atomic mass is 10.1. The van der Waals surface area contributed by atoms with Crippen LogP contribution >= 0.6 is 0 Å². The van der Waals surface area contributed by atoms with Crippen LogP contribution in [0, 0.1) is 0 Å². The minimum atomic E-state index is -0.102. The Bertz CT molecular complexity index is 494. The molecular weight excluding hydrogens is 218 g/mol. The number of aliphatic hydroxyl groups excluding tert-OH is 1. The van der Waals surface area contributed by atoms with Gasteiger partial charge in [-0.1, -0.05) is 13.8 Å². The van der Waals surface area contributed by atoms with Crippen molar-refractivity contribution in [3.63, 3.8) is 0 Å². The topological polar surface area (TPSA) is 86.7 Å². The molecule has 0 saturated heterocycles. The van der Waals surface area contributed by atoms with Gasteiger partial charge in [0.25, 0.3) is 0 Å². The molecule has 0 amide bonds. The first-order valence-corrected chi connectivity index (χ1v) is 5.44. The van der Waals surface area contributed by atoms with E-state index >= 15 is 0 Å². The average Bonchev–Trinajstić information content (AvgIpc) is 2.78. The summed E-state index contributed by atoms with van der Waals surface area (Å²) in [5.41, 5.74) is 1.62. The van der Waals surface area contributed by atoms with E-state index < -0.39 is 0 Å². The lowest BCUT2D eigenvalue weighted by Crippen LogP contribution is -1.99. The third-order valence-electron chi connectivity index (χ3n) is 2.33. The van der Waals surface area contributed by atoms with Crippen LogP contribution in [0.2, 0.25) is 0 Å². The van der Waals surface area contributed by atoms with E-state index in [-0.39, 0.29) is 6.61 Å². The van der Waals surface area contributed by atoms with Gasteiger partial charge in [0.15, 0.2) is 5.82 Å². The minimum Gasteiger partial charge on any atom is -0.390 e. The maximum absolute atomic E-state index is 8.97. The molecule has 6 nitrogen and oxygen atoms in total. The number of hydrogen-bond acceptors (Lipinski definition) is 5. The average molecular weight is 233 g/mol. The van der Waals surface area contributed by atoms with Crippen molar-refractivity contribution in [1.82, 2.24) is 20.2 Å². The van der Waals surface area contributed by atoms with Crippen LogP contribution in [0.3, 0.4) is 0 Å². The molecule has 0 aromatic carbocycles. The highest BCUT2D eigenvalue weighted by Crippen LogP contribution is 2.16. The van der Waals surface area contributed by atoms with Crippen molar-refractivity contribution in [3.05, 3.63) is 29.7 Å². The van der Waals surface area contributed by atoms with Gasteiger partial charge in [0.2, 0.25) is 5.95 Å². The van der Waals surface area contributed by atoms with Crippen molar-refractivity contribution in [1.29, 1.82) is 0 Å². The largest absolute Gasteiger partial charge is 0.390 e. The van der Waals surface area contributed by atoms with Gasteiger partial charge in [0.05, 0.1) is 12.3 Å². The molecule has 6 heteroatoms. The van der Waals surface area contributed by atoms with E-state index in [9.17, 15) is 0 Å². The standard InChI is InChI=1S/C11H15N5O/c1-7(2)9-5-10(16-15-9)14-11-12-4-3-8(6-17)13-11/h3-5,7,17H,6H2,1-2H3,(H2,12,13,14,15,16). The monoisotopic (exact) mass is 233 g/mol.